The Hall–Kier alpha value is -0.770. The van der Waals surface area contributed by atoms with E-state index in [-0.39, 0.29) is 31.0 Å². The molecule has 1 nitrogen and oxygen atoms in total. The Morgan fingerprint density at radius 3 is 2.72 bits per heavy atom. The molecule has 1 aliphatic rings. The maximum absolute atomic E-state index is 13.1. The third kappa shape index (κ3) is 3.37. The molecule has 0 heterocycles. The summed E-state index contributed by atoms with van der Waals surface area (Å²) in [4.78, 5) is 12.1. The van der Waals surface area contributed by atoms with Crippen molar-refractivity contribution >= 4 is 21.7 Å². The Balaban J connectivity index is 2.04. The van der Waals surface area contributed by atoms with Crippen LogP contribution in [0.3, 0.4) is 0 Å². The van der Waals surface area contributed by atoms with Gasteiger partial charge in [-0.3, -0.25) is 4.79 Å². The number of aryl methyl sites for hydroxylation is 1. The summed E-state index contributed by atoms with van der Waals surface area (Å²) < 4.78 is 27.0. The van der Waals surface area contributed by atoms with E-state index >= 15 is 0 Å². The summed E-state index contributed by atoms with van der Waals surface area (Å²) in [5.74, 6) is -2.79. The molecule has 1 aromatic rings. The van der Waals surface area contributed by atoms with Crippen molar-refractivity contribution in [2.75, 3.05) is 0 Å². The van der Waals surface area contributed by atoms with Gasteiger partial charge in [0, 0.05) is 29.3 Å². The molecule has 1 aliphatic carbocycles. The first-order valence-electron chi connectivity index (χ1n) is 6.04. The molecule has 18 heavy (non-hydrogen) atoms. The zero-order valence-corrected chi connectivity index (χ0v) is 11.8. The van der Waals surface area contributed by atoms with E-state index in [1.54, 1.807) is 12.1 Å². The van der Waals surface area contributed by atoms with Gasteiger partial charge >= 0.3 is 0 Å². The summed E-state index contributed by atoms with van der Waals surface area (Å²) in [6.07, 6.45) is 0.450. The first-order valence-corrected chi connectivity index (χ1v) is 6.83. The van der Waals surface area contributed by atoms with E-state index in [4.69, 9.17) is 0 Å². The number of alkyl halides is 2. The Bertz CT molecular complexity index is 451. The number of Topliss-reactive ketones (excluding diaryl/α,β-unsaturated/α-hetero) is 1. The summed E-state index contributed by atoms with van der Waals surface area (Å²) in [5.41, 5.74) is 1.60. The Labute approximate surface area is 114 Å². The largest absolute Gasteiger partial charge is 0.294 e. The number of halogens is 3. The van der Waals surface area contributed by atoms with Gasteiger partial charge in [0.1, 0.15) is 0 Å². The van der Waals surface area contributed by atoms with Gasteiger partial charge in [-0.05, 0) is 43.0 Å². The van der Waals surface area contributed by atoms with Gasteiger partial charge in [0.25, 0.3) is 0 Å². The standard InChI is InChI=1S/C14H15BrF2O/c1-9-4-11(7-12(15)5-9)13(18)6-10-2-3-14(16,17)8-10/h4-5,7,10H,2-3,6,8H2,1H3. The number of rotatable bonds is 3. The van der Waals surface area contributed by atoms with Gasteiger partial charge in [0.2, 0.25) is 5.92 Å². The van der Waals surface area contributed by atoms with E-state index in [0.717, 1.165) is 10.0 Å². The highest BCUT2D eigenvalue weighted by Gasteiger charge is 2.39. The van der Waals surface area contributed by atoms with Crippen molar-refractivity contribution in [3.8, 4) is 0 Å². The van der Waals surface area contributed by atoms with Crippen LogP contribution >= 0.6 is 15.9 Å². The van der Waals surface area contributed by atoms with Crippen LogP contribution in [-0.2, 0) is 0 Å². The molecule has 0 aliphatic heterocycles. The quantitative estimate of drug-likeness (QED) is 0.734. The normalized spacial score (nSPS) is 22.1. The first-order chi connectivity index (χ1) is 8.35. The fourth-order valence-electron chi connectivity index (χ4n) is 2.49. The molecule has 0 amide bonds. The van der Waals surface area contributed by atoms with E-state index in [1.807, 2.05) is 13.0 Å². The SMILES string of the molecule is Cc1cc(Br)cc(C(=O)CC2CCC(F)(F)C2)c1. The average Bonchev–Trinajstić information content (AvgIpc) is 2.56. The maximum Gasteiger partial charge on any atom is 0.248 e. The Morgan fingerprint density at radius 2 is 2.17 bits per heavy atom. The van der Waals surface area contributed by atoms with E-state index in [1.165, 1.54) is 0 Å². The topological polar surface area (TPSA) is 17.1 Å². The lowest BCUT2D eigenvalue weighted by Gasteiger charge is -2.10. The maximum atomic E-state index is 13.1. The molecule has 4 heteroatoms. The summed E-state index contributed by atoms with van der Waals surface area (Å²) in [5, 5.41) is 0. The summed E-state index contributed by atoms with van der Waals surface area (Å²) in [7, 11) is 0. The second-order valence-corrected chi connectivity index (χ2v) is 6.03. The van der Waals surface area contributed by atoms with Gasteiger partial charge < -0.3 is 0 Å². The Morgan fingerprint density at radius 1 is 1.44 bits per heavy atom. The minimum atomic E-state index is -2.57. The van der Waals surface area contributed by atoms with Crippen LogP contribution < -0.4 is 0 Å². The first kappa shape index (κ1) is 13.7. The molecular formula is C14H15BrF2O. The van der Waals surface area contributed by atoms with Crippen LogP contribution in [0.2, 0.25) is 0 Å². The van der Waals surface area contributed by atoms with Crippen molar-refractivity contribution < 1.29 is 13.6 Å². The van der Waals surface area contributed by atoms with Crippen LogP contribution in [0, 0.1) is 12.8 Å². The molecule has 0 radical (unpaired) electrons. The number of hydrogen-bond acceptors (Lipinski definition) is 1. The number of carbonyl (C=O) groups excluding carboxylic acids is 1. The fourth-order valence-corrected chi connectivity index (χ4v) is 3.10. The fraction of sp³-hybridized carbons (Fsp3) is 0.500. The number of carbonyl (C=O) groups is 1. The van der Waals surface area contributed by atoms with Crippen molar-refractivity contribution in [3.05, 3.63) is 33.8 Å². The lowest BCUT2D eigenvalue weighted by Crippen LogP contribution is -2.12. The van der Waals surface area contributed by atoms with Crippen molar-refractivity contribution in [1.82, 2.24) is 0 Å². The molecule has 0 spiro atoms. The molecule has 98 valence electrons. The summed E-state index contributed by atoms with van der Waals surface area (Å²) in [6.45, 7) is 1.91. The van der Waals surface area contributed by atoms with Crippen molar-refractivity contribution in [2.24, 2.45) is 5.92 Å². The molecule has 1 fully saturated rings. The summed E-state index contributed by atoms with van der Waals surface area (Å²) >= 11 is 3.34. The second kappa shape index (κ2) is 5.08. The van der Waals surface area contributed by atoms with Crippen molar-refractivity contribution in [2.45, 2.75) is 38.5 Å². The van der Waals surface area contributed by atoms with Crippen LogP contribution in [0.25, 0.3) is 0 Å². The van der Waals surface area contributed by atoms with Gasteiger partial charge in [-0.1, -0.05) is 15.9 Å². The lowest BCUT2D eigenvalue weighted by molar-refractivity contribution is 0.00497. The number of benzene rings is 1. The molecule has 1 saturated carbocycles. The van der Waals surface area contributed by atoms with Crippen LogP contribution in [0.1, 0.15) is 41.6 Å². The molecule has 1 aromatic carbocycles. The molecule has 2 rings (SSSR count). The molecule has 1 atom stereocenters. The third-order valence-corrected chi connectivity index (χ3v) is 3.80. The lowest BCUT2D eigenvalue weighted by atomic mass is 9.96. The molecule has 1 unspecified atom stereocenters. The highest BCUT2D eigenvalue weighted by molar-refractivity contribution is 9.10. The molecular weight excluding hydrogens is 302 g/mol. The second-order valence-electron chi connectivity index (χ2n) is 5.11. The minimum Gasteiger partial charge on any atom is -0.294 e. The van der Waals surface area contributed by atoms with Gasteiger partial charge in [-0.2, -0.15) is 0 Å². The highest BCUT2D eigenvalue weighted by atomic mass is 79.9. The van der Waals surface area contributed by atoms with Crippen molar-refractivity contribution in [1.29, 1.82) is 0 Å². The minimum absolute atomic E-state index is 0.0397. The number of hydrogen-bond donors (Lipinski definition) is 0. The van der Waals surface area contributed by atoms with Crippen LogP contribution in [0.5, 0.6) is 0 Å². The summed E-state index contributed by atoms with van der Waals surface area (Å²) in [6, 6.07) is 5.48. The van der Waals surface area contributed by atoms with Gasteiger partial charge in [0.15, 0.2) is 5.78 Å². The smallest absolute Gasteiger partial charge is 0.248 e. The number of ketones is 1. The zero-order chi connectivity index (χ0) is 13.3. The van der Waals surface area contributed by atoms with E-state index in [2.05, 4.69) is 15.9 Å². The van der Waals surface area contributed by atoms with Crippen molar-refractivity contribution in [3.63, 3.8) is 0 Å². The predicted octanol–water partition coefficient (Wildman–Crippen LogP) is 4.77. The monoisotopic (exact) mass is 316 g/mol. The third-order valence-electron chi connectivity index (χ3n) is 3.34. The molecule has 0 N–H and O–H groups in total. The van der Waals surface area contributed by atoms with E-state index in [0.29, 0.717) is 12.0 Å². The van der Waals surface area contributed by atoms with E-state index < -0.39 is 5.92 Å². The van der Waals surface area contributed by atoms with Crippen LogP contribution in [0.4, 0.5) is 8.78 Å². The van der Waals surface area contributed by atoms with Gasteiger partial charge in [-0.15, -0.1) is 0 Å². The van der Waals surface area contributed by atoms with Gasteiger partial charge in [0.05, 0.1) is 0 Å². The molecule has 0 saturated heterocycles. The predicted molar refractivity (Wildman–Crippen MR) is 70.1 cm³/mol. The van der Waals surface area contributed by atoms with Gasteiger partial charge in [-0.25, -0.2) is 8.78 Å². The molecule has 0 bridgehead atoms. The highest BCUT2D eigenvalue weighted by Crippen LogP contribution is 2.40. The van der Waals surface area contributed by atoms with Crippen LogP contribution in [-0.4, -0.2) is 11.7 Å². The zero-order valence-electron chi connectivity index (χ0n) is 10.2. The van der Waals surface area contributed by atoms with Crippen LogP contribution in [0.15, 0.2) is 22.7 Å². The average molecular weight is 317 g/mol. The van der Waals surface area contributed by atoms with E-state index in [9.17, 15) is 13.6 Å². The molecule has 0 aromatic heterocycles. The Kier molecular flexibility index (Phi) is 3.85.